The maximum absolute atomic E-state index is 13.3. The van der Waals surface area contributed by atoms with Crippen molar-refractivity contribution in [3.8, 4) is 5.75 Å². The Morgan fingerprint density at radius 3 is 2.48 bits per heavy atom. The zero-order valence-electron chi connectivity index (χ0n) is 13.0. The summed E-state index contributed by atoms with van der Waals surface area (Å²) in [5.41, 5.74) is 4.26. The van der Waals surface area contributed by atoms with E-state index < -0.39 is 0 Å². The van der Waals surface area contributed by atoms with Crippen LogP contribution < -0.4 is 10.1 Å². The van der Waals surface area contributed by atoms with Gasteiger partial charge in [0.2, 0.25) is 0 Å². The number of nitrogens with one attached hydrogen (secondary N) is 1. The lowest BCUT2D eigenvalue weighted by atomic mass is 9.94. The second-order valence-electron chi connectivity index (χ2n) is 5.22. The lowest BCUT2D eigenvalue weighted by Crippen LogP contribution is -2.23. The van der Waals surface area contributed by atoms with Gasteiger partial charge in [-0.05, 0) is 60.8 Å². The second kappa shape index (κ2) is 6.72. The molecule has 2 rings (SSSR count). The standard InChI is InChI=1S/C18H22FNO/c1-5-20-18(16-9-8-15(19)10-13(16)3)14-7-6-12(2)17(11-14)21-4/h6-11,18,20H,5H2,1-4H3. The Kier molecular flexibility index (Phi) is 4.97. The Hall–Kier alpha value is -1.87. The van der Waals surface area contributed by atoms with Gasteiger partial charge in [-0.1, -0.05) is 25.1 Å². The quantitative estimate of drug-likeness (QED) is 0.892. The molecule has 0 saturated carbocycles. The third kappa shape index (κ3) is 3.42. The molecule has 0 heterocycles. The molecule has 112 valence electrons. The van der Waals surface area contributed by atoms with Gasteiger partial charge in [0, 0.05) is 0 Å². The van der Waals surface area contributed by atoms with E-state index in [9.17, 15) is 4.39 Å². The van der Waals surface area contributed by atoms with Crippen LogP contribution in [-0.4, -0.2) is 13.7 Å². The van der Waals surface area contributed by atoms with Gasteiger partial charge in [-0.2, -0.15) is 0 Å². The molecule has 0 fully saturated rings. The Morgan fingerprint density at radius 2 is 1.86 bits per heavy atom. The molecule has 0 spiro atoms. The van der Waals surface area contributed by atoms with Crippen molar-refractivity contribution >= 4 is 0 Å². The van der Waals surface area contributed by atoms with Crippen molar-refractivity contribution in [3.63, 3.8) is 0 Å². The minimum atomic E-state index is -0.201. The van der Waals surface area contributed by atoms with Crippen LogP contribution in [0.3, 0.4) is 0 Å². The molecule has 2 nitrogen and oxygen atoms in total. The van der Waals surface area contributed by atoms with Gasteiger partial charge in [-0.15, -0.1) is 0 Å². The maximum atomic E-state index is 13.3. The van der Waals surface area contributed by atoms with Gasteiger partial charge in [0.15, 0.2) is 0 Å². The fraction of sp³-hybridized carbons (Fsp3) is 0.333. The summed E-state index contributed by atoms with van der Waals surface area (Å²) >= 11 is 0. The van der Waals surface area contributed by atoms with E-state index in [0.717, 1.165) is 34.5 Å². The smallest absolute Gasteiger partial charge is 0.123 e. The van der Waals surface area contributed by atoms with E-state index in [1.807, 2.05) is 26.0 Å². The fourth-order valence-corrected chi connectivity index (χ4v) is 2.59. The highest BCUT2D eigenvalue weighted by Gasteiger charge is 2.16. The molecule has 0 saturated heterocycles. The summed E-state index contributed by atoms with van der Waals surface area (Å²) in [7, 11) is 1.68. The average Bonchev–Trinajstić information content (AvgIpc) is 2.46. The lowest BCUT2D eigenvalue weighted by molar-refractivity contribution is 0.410. The minimum absolute atomic E-state index is 0.0325. The van der Waals surface area contributed by atoms with Crippen LogP contribution in [0.5, 0.6) is 5.75 Å². The van der Waals surface area contributed by atoms with E-state index >= 15 is 0 Å². The zero-order chi connectivity index (χ0) is 15.4. The normalized spacial score (nSPS) is 12.2. The highest BCUT2D eigenvalue weighted by atomic mass is 19.1. The maximum Gasteiger partial charge on any atom is 0.123 e. The molecule has 0 radical (unpaired) electrons. The molecule has 2 aromatic rings. The van der Waals surface area contributed by atoms with Crippen molar-refractivity contribution in [1.29, 1.82) is 0 Å². The third-order valence-electron chi connectivity index (χ3n) is 3.72. The monoisotopic (exact) mass is 287 g/mol. The summed E-state index contributed by atoms with van der Waals surface area (Å²) in [5.74, 6) is 0.670. The lowest BCUT2D eigenvalue weighted by Gasteiger charge is -2.22. The Morgan fingerprint density at radius 1 is 1.10 bits per heavy atom. The van der Waals surface area contributed by atoms with E-state index in [2.05, 4.69) is 24.4 Å². The van der Waals surface area contributed by atoms with Crippen molar-refractivity contribution < 1.29 is 9.13 Å². The molecular formula is C18H22FNO. The van der Waals surface area contributed by atoms with Crippen LogP contribution in [0.4, 0.5) is 4.39 Å². The van der Waals surface area contributed by atoms with Gasteiger partial charge < -0.3 is 10.1 Å². The van der Waals surface area contributed by atoms with Gasteiger partial charge in [0.25, 0.3) is 0 Å². The largest absolute Gasteiger partial charge is 0.496 e. The third-order valence-corrected chi connectivity index (χ3v) is 3.72. The van der Waals surface area contributed by atoms with E-state index in [1.54, 1.807) is 13.2 Å². The number of halogens is 1. The molecule has 0 amide bonds. The van der Waals surface area contributed by atoms with Crippen molar-refractivity contribution in [2.45, 2.75) is 26.8 Å². The number of methoxy groups -OCH3 is 1. The van der Waals surface area contributed by atoms with Gasteiger partial charge in [0.1, 0.15) is 11.6 Å². The summed E-state index contributed by atoms with van der Waals surface area (Å²) < 4.78 is 18.7. The van der Waals surface area contributed by atoms with Crippen molar-refractivity contribution in [1.82, 2.24) is 5.32 Å². The number of hydrogen-bond acceptors (Lipinski definition) is 2. The number of aryl methyl sites for hydroxylation is 2. The van der Waals surface area contributed by atoms with Gasteiger partial charge >= 0.3 is 0 Å². The molecule has 0 aliphatic carbocycles. The summed E-state index contributed by atoms with van der Waals surface area (Å²) in [6.45, 7) is 6.86. The van der Waals surface area contributed by atoms with Crippen molar-refractivity contribution in [3.05, 3.63) is 64.5 Å². The number of ether oxygens (including phenoxy) is 1. The molecule has 1 atom stereocenters. The molecule has 21 heavy (non-hydrogen) atoms. The molecule has 1 unspecified atom stereocenters. The topological polar surface area (TPSA) is 21.3 Å². The van der Waals surface area contributed by atoms with Gasteiger partial charge in [0.05, 0.1) is 13.2 Å². The first-order chi connectivity index (χ1) is 10.1. The van der Waals surface area contributed by atoms with Crippen LogP contribution in [-0.2, 0) is 0 Å². The zero-order valence-corrected chi connectivity index (χ0v) is 13.0. The first-order valence-electron chi connectivity index (χ1n) is 7.20. The molecule has 0 aliphatic rings. The fourth-order valence-electron chi connectivity index (χ4n) is 2.59. The van der Waals surface area contributed by atoms with E-state index in [0.29, 0.717) is 0 Å². The number of hydrogen-bond donors (Lipinski definition) is 1. The summed E-state index contributed by atoms with van der Waals surface area (Å²) in [5, 5.41) is 3.47. The molecule has 0 aromatic heterocycles. The van der Waals surface area contributed by atoms with Crippen molar-refractivity contribution in [2.24, 2.45) is 0 Å². The van der Waals surface area contributed by atoms with E-state index in [4.69, 9.17) is 4.74 Å². The highest BCUT2D eigenvalue weighted by molar-refractivity contribution is 5.43. The van der Waals surface area contributed by atoms with E-state index in [-0.39, 0.29) is 11.9 Å². The van der Waals surface area contributed by atoms with Crippen LogP contribution in [0, 0.1) is 19.7 Å². The van der Waals surface area contributed by atoms with Crippen LogP contribution in [0.2, 0.25) is 0 Å². The van der Waals surface area contributed by atoms with Crippen LogP contribution >= 0.6 is 0 Å². The number of rotatable bonds is 5. The predicted octanol–water partition coefficient (Wildman–Crippen LogP) is 4.15. The second-order valence-corrected chi connectivity index (χ2v) is 5.22. The van der Waals surface area contributed by atoms with Crippen LogP contribution in [0.15, 0.2) is 36.4 Å². The van der Waals surface area contributed by atoms with Gasteiger partial charge in [-0.3, -0.25) is 0 Å². The first-order valence-corrected chi connectivity index (χ1v) is 7.20. The number of benzene rings is 2. The molecule has 2 aromatic carbocycles. The Labute approximate surface area is 126 Å². The highest BCUT2D eigenvalue weighted by Crippen LogP contribution is 2.29. The summed E-state index contributed by atoms with van der Waals surface area (Å²) in [6, 6.07) is 11.2. The Balaban J connectivity index is 2.47. The average molecular weight is 287 g/mol. The van der Waals surface area contributed by atoms with Crippen LogP contribution in [0.1, 0.15) is 35.2 Å². The first kappa shape index (κ1) is 15.5. The van der Waals surface area contributed by atoms with Crippen molar-refractivity contribution in [2.75, 3.05) is 13.7 Å². The van der Waals surface area contributed by atoms with Gasteiger partial charge in [-0.25, -0.2) is 4.39 Å². The summed E-state index contributed by atoms with van der Waals surface area (Å²) in [4.78, 5) is 0. The minimum Gasteiger partial charge on any atom is -0.496 e. The van der Waals surface area contributed by atoms with Crippen LogP contribution in [0.25, 0.3) is 0 Å². The van der Waals surface area contributed by atoms with E-state index in [1.165, 1.54) is 6.07 Å². The SMILES string of the molecule is CCNC(c1ccc(C)c(OC)c1)c1ccc(F)cc1C. The Bertz CT molecular complexity index is 625. The molecule has 0 aliphatic heterocycles. The summed E-state index contributed by atoms with van der Waals surface area (Å²) in [6.07, 6.45) is 0. The molecule has 0 bridgehead atoms. The molecular weight excluding hydrogens is 265 g/mol. The predicted molar refractivity (Wildman–Crippen MR) is 84.4 cm³/mol. The molecule has 1 N–H and O–H groups in total. The molecule has 3 heteroatoms.